The Labute approximate surface area is 180 Å². The molecule has 158 valence electrons. The van der Waals surface area contributed by atoms with Crippen LogP contribution < -0.4 is 0 Å². The van der Waals surface area contributed by atoms with Gasteiger partial charge in [-0.05, 0) is 47.5 Å². The summed E-state index contributed by atoms with van der Waals surface area (Å²) >= 11 is 8.86. The van der Waals surface area contributed by atoms with Crippen LogP contribution in [0.5, 0.6) is 0 Å². The Morgan fingerprint density at radius 3 is 2.31 bits per heavy atom. The predicted molar refractivity (Wildman–Crippen MR) is 108 cm³/mol. The molecule has 1 aromatic carbocycles. The van der Waals surface area contributed by atoms with E-state index in [0.717, 1.165) is 16.8 Å². The summed E-state index contributed by atoms with van der Waals surface area (Å²) in [5, 5.41) is 4.34. The average Bonchev–Trinajstić information content (AvgIpc) is 2.98. The third-order valence-electron chi connectivity index (χ3n) is 5.07. The molecule has 0 radical (unpaired) electrons. The highest BCUT2D eigenvalue weighted by atomic mass is 79.9. The summed E-state index contributed by atoms with van der Waals surface area (Å²) in [5.41, 5.74) is 0.404. The minimum Gasteiger partial charge on any atom is -0.338 e. The molecule has 1 amide bonds. The maximum atomic E-state index is 13.1. The number of carbonyl (C=O) groups excluding carboxylic acids is 1. The van der Waals surface area contributed by atoms with Gasteiger partial charge in [-0.3, -0.25) is 14.4 Å². The lowest BCUT2D eigenvalue weighted by Gasteiger charge is -2.36. The van der Waals surface area contributed by atoms with E-state index in [1.54, 1.807) is 11.8 Å². The summed E-state index contributed by atoms with van der Waals surface area (Å²) in [4.78, 5) is 16.8. The molecule has 0 aliphatic carbocycles. The molecular formula is C19H21BrClF3N4O. The van der Waals surface area contributed by atoms with Crippen LogP contribution in [-0.2, 0) is 17.5 Å². The number of hydrogen-bond acceptors (Lipinski definition) is 3. The fourth-order valence-corrected chi connectivity index (χ4v) is 4.01. The number of aromatic nitrogens is 2. The van der Waals surface area contributed by atoms with Crippen LogP contribution in [-0.4, -0.2) is 51.7 Å². The quantitative estimate of drug-likeness (QED) is 0.628. The van der Waals surface area contributed by atoms with Gasteiger partial charge in [0.25, 0.3) is 0 Å². The second kappa shape index (κ2) is 8.65. The van der Waals surface area contributed by atoms with E-state index in [-0.39, 0.29) is 16.1 Å². The standard InChI is InChI=1S/C19H21BrClF3N4O/c1-12-16(20)17(19(22,23)24)25-28(12)13(2)18(29)27-9-7-26(8-10-27)11-14-3-5-15(21)6-4-14/h3-6,13H,7-11H2,1-2H3. The lowest BCUT2D eigenvalue weighted by atomic mass is 10.2. The molecule has 2 heterocycles. The van der Waals surface area contributed by atoms with Crippen LogP contribution in [0, 0.1) is 6.92 Å². The molecule has 1 saturated heterocycles. The smallest absolute Gasteiger partial charge is 0.338 e. The van der Waals surface area contributed by atoms with E-state index in [2.05, 4.69) is 25.9 Å². The third-order valence-corrected chi connectivity index (χ3v) is 6.27. The van der Waals surface area contributed by atoms with Gasteiger partial charge in [-0.25, -0.2) is 0 Å². The Hall–Kier alpha value is -1.58. The summed E-state index contributed by atoms with van der Waals surface area (Å²) in [7, 11) is 0. The Balaban J connectivity index is 1.62. The highest BCUT2D eigenvalue weighted by Crippen LogP contribution is 2.36. The first-order chi connectivity index (χ1) is 13.6. The molecule has 0 spiro atoms. The molecule has 5 nitrogen and oxygen atoms in total. The van der Waals surface area contributed by atoms with Crippen LogP contribution in [0.4, 0.5) is 13.2 Å². The zero-order chi connectivity index (χ0) is 21.3. The normalized spacial score (nSPS) is 16.9. The van der Waals surface area contributed by atoms with Crippen molar-refractivity contribution < 1.29 is 18.0 Å². The van der Waals surface area contributed by atoms with Crippen LogP contribution >= 0.6 is 27.5 Å². The van der Waals surface area contributed by atoms with E-state index in [9.17, 15) is 18.0 Å². The Morgan fingerprint density at radius 1 is 1.21 bits per heavy atom. The molecule has 0 N–H and O–H groups in total. The van der Waals surface area contributed by atoms with Gasteiger partial charge >= 0.3 is 6.18 Å². The van der Waals surface area contributed by atoms with Gasteiger partial charge in [0, 0.05) is 37.7 Å². The van der Waals surface area contributed by atoms with Crippen molar-refractivity contribution in [2.24, 2.45) is 0 Å². The third kappa shape index (κ3) is 4.95. The van der Waals surface area contributed by atoms with Crippen molar-refractivity contribution in [3.8, 4) is 0 Å². The summed E-state index contributed by atoms with van der Waals surface area (Å²) in [6.45, 7) is 6.27. The Bertz CT molecular complexity index is 877. The SMILES string of the molecule is Cc1c(Br)c(C(F)(F)F)nn1C(C)C(=O)N1CCN(Cc2ccc(Cl)cc2)CC1. The minimum atomic E-state index is -4.58. The van der Waals surface area contributed by atoms with Crippen molar-refractivity contribution in [2.75, 3.05) is 26.2 Å². The number of hydrogen-bond donors (Lipinski definition) is 0. The first kappa shape index (κ1) is 22.1. The van der Waals surface area contributed by atoms with Gasteiger partial charge in [0.05, 0.1) is 10.2 Å². The predicted octanol–water partition coefficient (Wildman–Crippen LogP) is 4.53. The second-order valence-corrected chi connectivity index (χ2v) is 8.32. The van der Waals surface area contributed by atoms with Gasteiger partial charge in [0.1, 0.15) is 6.04 Å². The zero-order valence-corrected chi connectivity index (χ0v) is 18.4. The number of nitrogens with zero attached hydrogens (tertiary/aromatic N) is 4. The van der Waals surface area contributed by atoms with Crippen molar-refractivity contribution in [3.63, 3.8) is 0 Å². The molecule has 10 heteroatoms. The molecule has 1 aromatic heterocycles. The Kier molecular flexibility index (Phi) is 6.60. The fourth-order valence-electron chi connectivity index (χ4n) is 3.40. The zero-order valence-electron chi connectivity index (χ0n) is 16.0. The Morgan fingerprint density at radius 2 is 1.79 bits per heavy atom. The molecule has 1 aliphatic heterocycles. The topological polar surface area (TPSA) is 41.4 Å². The van der Waals surface area contributed by atoms with Crippen LogP contribution in [0.15, 0.2) is 28.7 Å². The molecule has 1 fully saturated rings. The molecule has 0 bridgehead atoms. The number of rotatable bonds is 4. The van der Waals surface area contributed by atoms with E-state index < -0.39 is 17.9 Å². The van der Waals surface area contributed by atoms with Gasteiger partial charge in [0.2, 0.25) is 5.91 Å². The first-order valence-corrected chi connectivity index (χ1v) is 10.3. The molecular weight excluding hydrogens is 473 g/mol. The molecule has 1 atom stereocenters. The lowest BCUT2D eigenvalue weighted by molar-refractivity contribution is -0.143. The number of benzene rings is 1. The highest BCUT2D eigenvalue weighted by Gasteiger charge is 2.39. The highest BCUT2D eigenvalue weighted by molar-refractivity contribution is 9.10. The van der Waals surface area contributed by atoms with Crippen LogP contribution in [0.1, 0.15) is 29.9 Å². The molecule has 29 heavy (non-hydrogen) atoms. The van der Waals surface area contributed by atoms with Crippen molar-refractivity contribution in [3.05, 3.63) is 50.7 Å². The minimum absolute atomic E-state index is 0.127. The number of halogens is 5. The van der Waals surface area contributed by atoms with E-state index in [4.69, 9.17) is 11.6 Å². The van der Waals surface area contributed by atoms with Crippen LogP contribution in [0.25, 0.3) is 0 Å². The van der Waals surface area contributed by atoms with Crippen molar-refractivity contribution >= 4 is 33.4 Å². The van der Waals surface area contributed by atoms with E-state index in [0.29, 0.717) is 31.2 Å². The maximum Gasteiger partial charge on any atom is 0.436 e. The summed E-state index contributed by atoms with van der Waals surface area (Å²) in [5.74, 6) is -0.233. The number of alkyl halides is 3. The fraction of sp³-hybridized carbons (Fsp3) is 0.474. The number of carbonyl (C=O) groups is 1. The molecule has 0 saturated carbocycles. The van der Waals surface area contributed by atoms with Crippen molar-refractivity contribution in [2.45, 2.75) is 32.6 Å². The lowest BCUT2D eigenvalue weighted by Crippen LogP contribution is -2.50. The summed E-state index contributed by atoms with van der Waals surface area (Å²) < 4.78 is 40.3. The summed E-state index contributed by atoms with van der Waals surface area (Å²) in [6, 6.07) is 6.82. The van der Waals surface area contributed by atoms with Gasteiger partial charge in [0.15, 0.2) is 5.69 Å². The average molecular weight is 494 g/mol. The molecule has 1 aliphatic rings. The van der Waals surface area contributed by atoms with E-state index in [1.165, 1.54) is 6.92 Å². The second-order valence-electron chi connectivity index (χ2n) is 7.09. The first-order valence-electron chi connectivity index (χ1n) is 9.15. The number of amides is 1. The number of piperazine rings is 1. The van der Waals surface area contributed by atoms with Crippen molar-refractivity contribution in [1.82, 2.24) is 19.6 Å². The monoisotopic (exact) mass is 492 g/mol. The van der Waals surface area contributed by atoms with Crippen molar-refractivity contribution in [1.29, 1.82) is 0 Å². The molecule has 1 unspecified atom stereocenters. The van der Waals surface area contributed by atoms with Crippen LogP contribution in [0.2, 0.25) is 5.02 Å². The van der Waals surface area contributed by atoms with Gasteiger partial charge in [-0.1, -0.05) is 23.7 Å². The van der Waals surface area contributed by atoms with Gasteiger partial charge < -0.3 is 4.90 Å². The molecule has 2 aromatic rings. The van der Waals surface area contributed by atoms with Crippen LogP contribution in [0.3, 0.4) is 0 Å². The maximum absolute atomic E-state index is 13.1. The van der Waals surface area contributed by atoms with E-state index in [1.807, 2.05) is 24.3 Å². The summed E-state index contributed by atoms with van der Waals surface area (Å²) in [6.07, 6.45) is -4.58. The van der Waals surface area contributed by atoms with E-state index >= 15 is 0 Å². The van der Waals surface area contributed by atoms with Gasteiger partial charge in [-0.2, -0.15) is 18.3 Å². The molecule has 3 rings (SSSR count). The van der Waals surface area contributed by atoms with Gasteiger partial charge in [-0.15, -0.1) is 0 Å². The largest absolute Gasteiger partial charge is 0.436 e.